The van der Waals surface area contributed by atoms with Crippen molar-refractivity contribution in [2.75, 3.05) is 11.1 Å². The first kappa shape index (κ1) is 15.8. The van der Waals surface area contributed by atoms with Crippen LogP contribution in [0, 0.1) is 20.8 Å². The van der Waals surface area contributed by atoms with Gasteiger partial charge in [0.15, 0.2) is 5.16 Å². The van der Waals surface area contributed by atoms with Gasteiger partial charge in [-0.25, -0.2) is 9.97 Å². The Labute approximate surface area is 133 Å². The molecule has 110 valence electrons. The van der Waals surface area contributed by atoms with E-state index in [2.05, 4.69) is 15.3 Å². The Bertz CT molecular complexity index is 653. The summed E-state index contributed by atoms with van der Waals surface area (Å²) in [5.41, 5.74) is 3.66. The van der Waals surface area contributed by atoms with Crippen molar-refractivity contribution in [1.29, 1.82) is 0 Å². The molecule has 1 amide bonds. The first-order valence-corrected chi connectivity index (χ1v) is 7.82. The zero-order valence-electron chi connectivity index (χ0n) is 12.1. The largest absolute Gasteiger partial charge is 0.325 e. The molecule has 0 aliphatic carbocycles. The van der Waals surface area contributed by atoms with Gasteiger partial charge < -0.3 is 5.32 Å². The molecule has 6 heteroatoms. The quantitative estimate of drug-likeness (QED) is 0.687. The fourth-order valence-corrected chi connectivity index (χ4v) is 2.63. The number of nitrogens with zero attached hydrogens (tertiary/aromatic N) is 2. The lowest BCUT2D eigenvalue weighted by Crippen LogP contribution is -2.14. The van der Waals surface area contributed by atoms with E-state index in [1.54, 1.807) is 24.3 Å². The van der Waals surface area contributed by atoms with Gasteiger partial charge in [0, 0.05) is 22.1 Å². The predicted octanol–water partition coefficient (Wildman–Crippen LogP) is 3.79. The highest BCUT2D eigenvalue weighted by molar-refractivity contribution is 7.99. The first-order chi connectivity index (χ1) is 9.95. The molecule has 0 bridgehead atoms. The second-order valence-electron chi connectivity index (χ2n) is 4.65. The minimum absolute atomic E-state index is 0.109. The number of benzene rings is 1. The number of carbonyl (C=O) groups is 1. The third-order valence-electron chi connectivity index (χ3n) is 3.05. The predicted molar refractivity (Wildman–Crippen MR) is 87.0 cm³/mol. The van der Waals surface area contributed by atoms with Gasteiger partial charge in [-0.2, -0.15) is 0 Å². The molecule has 21 heavy (non-hydrogen) atoms. The van der Waals surface area contributed by atoms with E-state index >= 15 is 0 Å². The highest BCUT2D eigenvalue weighted by atomic mass is 35.5. The number of thioether (sulfide) groups is 1. The number of nitrogens with one attached hydrogen (secondary N) is 1. The average Bonchev–Trinajstić information content (AvgIpc) is 2.42. The van der Waals surface area contributed by atoms with E-state index in [0.717, 1.165) is 17.0 Å². The molecule has 0 atom stereocenters. The third-order valence-corrected chi connectivity index (χ3v) is 4.14. The summed E-state index contributed by atoms with van der Waals surface area (Å²) in [7, 11) is 0. The van der Waals surface area contributed by atoms with Crippen LogP contribution in [0.1, 0.15) is 17.0 Å². The van der Waals surface area contributed by atoms with Crippen molar-refractivity contribution in [3.63, 3.8) is 0 Å². The van der Waals surface area contributed by atoms with Crippen molar-refractivity contribution in [2.45, 2.75) is 25.9 Å². The molecule has 0 radical (unpaired) electrons. The average molecular weight is 322 g/mol. The molecule has 0 aliphatic heterocycles. The Hall–Kier alpha value is -1.59. The maximum Gasteiger partial charge on any atom is 0.234 e. The van der Waals surface area contributed by atoms with Crippen LogP contribution in [-0.4, -0.2) is 21.6 Å². The highest BCUT2D eigenvalue weighted by Gasteiger charge is 2.08. The lowest BCUT2D eigenvalue weighted by atomic mass is 10.2. The standard InChI is InChI=1S/C15H16ClN3OS/c1-9-10(2)17-15(18-11(9)3)21-8-14(20)19-13-6-4-5-12(16)7-13/h4-7H,8H2,1-3H3,(H,19,20). The zero-order valence-corrected chi connectivity index (χ0v) is 13.7. The maximum atomic E-state index is 11.9. The van der Waals surface area contributed by atoms with Crippen LogP contribution >= 0.6 is 23.4 Å². The van der Waals surface area contributed by atoms with Crippen molar-refractivity contribution in [3.8, 4) is 0 Å². The number of carbonyl (C=O) groups excluding carboxylic acids is 1. The number of aryl methyl sites for hydroxylation is 2. The van der Waals surface area contributed by atoms with E-state index in [1.165, 1.54) is 11.8 Å². The van der Waals surface area contributed by atoms with Gasteiger partial charge in [0.05, 0.1) is 5.75 Å². The third kappa shape index (κ3) is 4.44. The fraction of sp³-hybridized carbons (Fsp3) is 0.267. The molecule has 2 aromatic rings. The Morgan fingerprint density at radius 1 is 1.24 bits per heavy atom. The van der Waals surface area contributed by atoms with Crippen molar-refractivity contribution in [1.82, 2.24) is 9.97 Å². The number of hydrogen-bond acceptors (Lipinski definition) is 4. The van der Waals surface area contributed by atoms with Gasteiger partial charge in [0.1, 0.15) is 0 Å². The maximum absolute atomic E-state index is 11.9. The summed E-state index contributed by atoms with van der Waals surface area (Å²) in [5, 5.41) is 4.01. The molecule has 0 unspecified atom stereocenters. The van der Waals surface area contributed by atoms with Crippen molar-refractivity contribution < 1.29 is 4.79 Å². The summed E-state index contributed by atoms with van der Waals surface area (Å²) in [6, 6.07) is 7.06. The lowest BCUT2D eigenvalue weighted by Gasteiger charge is -2.07. The number of aromatic nitrogens is 2. The minimum atomic E-state index is -0.109. The molecule has 1 aromatic heterocycles. The molecule has 0 fully saturated rings. The van der Waals surface area contributed by atoms with Crippen LogP contribution in [0.5, 0.6) is 0 Å². The first-order valence-electron chi connectivity index (χ1n) is 6.46. The van der Waals surface area contributed by atoms with Gasteiger partial charge in [0.25, 0.3) is 0 Å². The molecular weight excluding hydrogens is 306 g/mol. The molecule has 0 saturated heterocycles. The number of anilines is 1. The van der Waals surface area contributed by atoms with Gasteiger partial charge in [-0.1, -0.05) is 29.4 Å². The summed E-state index contributed by atoms with van der Waals surface area (Å²) in [6.45, 7) is 5.88. The SMILES string of the molecule is Cc1nc(SCC(=O)Nc2cccc(Cl)c2)nc(C)c1C. The molecule has 1 N–H and O–H groups in total. The monoisotopic (exact) mass is 321 g/mol. The second-order valence-corrected chi connectivity index (χ2v) is 6.03. The lowest BCUT2D eigenvalue weighted by molar-refractivity contribution is -0.113. The fourth-order valence-electron chi connectivity index (χ4n) is 1.70. The summed E-state index contributed by atoms with van der Waals surface area (Å²) < 4.78 is 0. The number of rotatable bonds is 4. The van der Waals surface area contributed by atoms with E-state index in [0.29, 0.717) is 15.9 Å². The van der Waals surface area contributed by atoms with Crippen LogP contribution in [0.4, 0.5) is 5.69 Å². The number of amides is 1. The van der Waals surface area contributed by atoms with Crippen molar-refractivity contribution >= 4 is 35.0 Å². The van der Waals surface area contributed by atoms with Crippen LogP contribution in [-0.2, 0) is 4.79 Å². The minimum Gasteiger partial charge on any atom is -0.325 e. The molecule has 0 aliphatic rings. The van der Waals surface area contributed by atoms with E-state index in [9.17, 15) is 4.79 Å². The van der Waals surface area contributed by atoms with E-state index in [1.807, 2.05) is 20.8 Å². The molecule has 4 nitrogen and oxygen atoms in total. The van der Waals surface area contributed by atoms with Gasteiger partial charge in [-0.3, -0.25) is 4.79 Å². The molecular formula is C15H16ClN3OS. The van der Waals surface area contributed by atoms with Crippen LogP contribution in [0.2, 0.25) is 5.02 Å². The number of hydrogen-bond donors (Lipinski definition) is 1. The van der Waals surface area contributed by atoms with Crippen LogP contribution in [0.15, 0.2) is 29.4 Å². The summed E-state index contributed by atoms with van der Waals surface area (Å²) in [4.78, 5) is 20.7. The molecule has 2 rings (SSSR count). The zero-order chi connectivity index (χ0) is 15.4. The Kier molecular flexibility index (Phi) is 5.20. The van der Waals surface area contributed by atoms with E-state index in [4.69, 9.17) is 11.6 Å². The summed E-state index contributed by atoms with van der Waals surface area (Å²) in [5.74, 6) is 0.149. The van der Waals surface area contributed by atoms with Crippen LogP contribution in [0.25, 0.3) is 0 Å². The van der Waals surface area contributed by atoms with Crippen LogP contribution < -0.4 is 5.32 Å². The molecule has 1 aromatic carbocycles. The highest BCUT2D eigenvalue weighted by Crippen LogP contribution is 2.18. The van der Waals surface area contributed by atoms with E-state index < -0.39 is 0 Å². The van der Waals surface area contributed by atoms with Crippen LogP contribution in [0.3, 0.4) is 0 Å². The smallest absolute Gasteiger partial charge is 0.234 e. The topological polar surface area (TPSA) is 54.9 Å². The van der Waals surface area contributed by atoms with Crippen molar-refractivity contribution in [2.24, 2.45) is 0 Å². The number of halogens is 1. The molecule has 0 spiro atoms. The molecule has 1 heterocycles. The summed E-state index contributed by atoms with van der Waals surface area (Å²) in [6.07, 6.45) is 0. The summed E-state index contributed by atoms with van der Waals surface area (Å²) >= 11 is 7.20. The molecule has 0 saturated carbocycles. The Morgan fingerprint density at radius 3 is 2.52 bits per heavy atom. The van der Waals surface area contributed by atoms with Gasteiger partial charge in [0.2, 0.25) is 5.91 Å². The van der Waals surface area contributed by atoms with E-state index in [-0.39, 0.29) is 11.7 Å². The Balaban J connectivity index is 1.95. The van der Waals surface area contributed by atoms with Gasteiger partial charge in [-0.15, -0.1) is 0 Å². The normalized spacial score (nSPS) is 10.5. The van der Waals surface area contributed by atoms with Gasteiger partial charge >= 0.3 is 0 Å². The Morgan fingerprint density at radius 2 is 1.90 bits per heavy atom. The second kappa shape index (κ2) is 6.91. The van der Waals surface area contributed by atoms with Crippen molar-refractivity contribution in [3.05, 3.63) is 46.2 Å². The van der Waals surface area contributed by atoms with Gasteiger partial charge in [-0.05, 0) is 44.5 Å².